The van der Waals surface area contributed by atoms with Crippen LogP contribution in [0.15, 0.2) is 30.3 Å². The van der Waals surface area contributed by atoms with E-state index in [0.717, 1.165) is 25.9 Å². The van der Waals surface area contributed by atoms with Crippen LogP contribution >= 0.6 is 0 Å². The van der Waals surface area contributed by atoms with E-state index in [9.17, 15) is 9.59 Å². The molecule has 1 atom stereocenters. The summed E-state index contributed by atoms with van der Waals surface area (Å²) in [5, 5.41) is 11.7. The van der Waals surface area contributed by atoms with E-state index in [-0.39, 0.29) is 12.3 Å². The third-order valence-electron chi connectivity index (χ3n) is 4.12. The molecule has 1 unspecified atom stereocenters. The van der Waals surface area contributed by atoms with E-state index in [1.54, 1.807) is 12.1 Å². The van der Waals surface area contributed by atoms with Gasteiger partial charge < -0.3 is 10.4 Å². The second-order valence-corrected chi connectivity index (χ2v) is 5.76. The monoisotopic (exact) mass is 304 g/mol. The van der Waals surface area contributed by atoms with Crippen LogP contribution in [0.2, 0.25) is 0 Å². The summed E-state index contributed by atoms with van der Waals surface area (Å²) in [4.78, 5) is 25.0. The molecule has 1 aliphatic heterocycles. The molecule has 1 aromatic rings. The molecule has 0 aliphatic carbocycles. The molecule has 0 spiro atoms. The van der Waals surface area contributed by atoms with Crippen molar-refractivity contribution in [2.75, 3.05) is 19.6 Å². The first-order valence-corrected chi connectivity index (χ1v) is 7.96. The molecule has 5 heteroatoms. The van der Waals surface area contributed by atoms with E-state index >= 15 is 0 Å². The predicted molar refractivity (Wildman–Crippen MR) is 84.9 cm³/mol. The highest BCUT2D eigenvalue weighted by Crippen LogP contribution is 2.17. The molecular weight excluding hydrogens is 280 g/mol. The van der Waals surface area contributed by atoms with Gasteiger partial charge in [-0.05, 0) is 44.5 Å². The van der Waals surface area contributed by atoms with Crippen molar-refractivity contribution >= 4 is 11.9 Å². The topological polar surface area (TPSA) is 69.6 Å². The summed E-state index contributed by atoms with van der Waals surface area (Å²) in [5.41, 5.74) is 0.677. The number of nitrogens with zero attached hydrogens (tertiary/aromatic N) is 1. The number of hydrogen-bond acceptors (Lipinski definition) is 3. The lowest BCUT2D eigenvalue weighted by molar-refractivity contribution is -0.137. The number of aliphatic carboxylic acids is 1. The Morgan fingerprint density at radius 2 is 2.00 bits per heavy atom. The van der Waals surface area contributed by atoms with Gasteiger partial charge in [-0.25, -0.2) is 0 Å². The number of nitrogens with one attached hydrogen (secondary N) is 1. The molecule has 0 radical (unpaired) electrons. The molecule has 1 aliphatic rings. The van der Waals surface area contributed by atoms with E-state index in [2.05, 4.69) is 10.2 Å². The number of amides is 1. The standard InChI is InChI=1S/C17H24N2O3/c20-16(21)10-6-12-19-11-5-4-9-15(19)13-18-17(22)14-7-2-1-3-8-14/h1-3,7-8,15H,4-6,9-13H2,(H,18,22)(H,20,21). The number of piperidine rings is 1. The van der Waals surface area contributed by atoms with E-state index in [4.69, 9.17) is 5.11 Å². The molecule has 120 valence electrons. The quantitative estimate of drug-likeness (QED) is 0.809. The number of rotatable bonds is 7. The number of carboxylic acid groups (broad SMARTS) is 1. The molecule has 1 heterocycles. The summed E-state index contributed by atoms with van der Waals surface area (Å²) in [6, 6.07) is 9.53. The van der Waals surface area contributed by atoms with Crippen LogP contribution in [0.4, 0.5) is 0 Å². The molecule has 1 fully saturated rings. The second-order valence-electron chi connectivity index (χ2n) is 5.76. The molecule has 1 saturated heterocycles. The Balaban J connectivity index is 1.81. The van der Waals surface area contributed by atoms with Gasteiger partial charge in [0.05, 0.1) is 0 Å². The number of carbonyl (C=O) groups excluding carboxylic acids is 1. The normalized spacial score (nSPS) is 18.8. The first-order valence-electron chi connectivity index (χ1n) is 7.96. The number of carbonyl (C=O) groups is 2. The Bertz CT molecular complexity index is 490. The lowest BCUT2D eigenvalue weighted by atomic mass is 10.0. The SMILES string of the molecule is O=C(O)CCCN1CCCCC1CNC(=O)c1ccccc1. The number of benzene rings is 1. The molecule has 22 heavy (non-hydrogen) atoms. The van der Waals surface area contributed by atoms with E-state index in [1.165, 1.54) is 6.42 Å². The molecule has 2 rings (SSSR count). The first-order chi connectivity index (χ1) is 10.7. The van der Waals surface area contributed by atoms with Crippen LogP contribution in [0.3, 0.4) is 0 Å². The van der Waals surface area contributed by atoms with Gasteiger partial charge in [0.1, 0.15) is 0 Å². The Morgan fingerprint density at radius 3 is 2.73 bits per heavy atom. The summed E-state index contributed by atoms with van der Waals surface area (Å²) >= 11 is 0. The third kappa shape index (κ3) is 5.15. The van der Waals surface area contributed by atoms with E-state index in [1.807, 2.05) is 18.2 Å². The van der Waals surface area contributed by atoms with Crippen molar-refractivity contribution in [2.45, 2.75) is 38.1 Å². The van der Waals surface area contributed by atoms with Crippen molar-refractivity contribution in [3.63, 3.8) is 0 Å². The summed E-state index contributed by atoms with van der Waals surface area (Å²) in [7, 11) is 0. The van der Waals surface area contributed by atoms with Gasteiger partial charge in [-0.2, -0.15) is 0 Å². The average molecular weight is 304 g/mol. The van der Waals surface area contributed by atoms with Crippen LogP contribution < -0.4 is 5.32 Å². The summed E-state index contributed by atoms with van der Waals surface area (Å²) < 4.78 is 0. The average Bonchev–Trinajstić information content (AvgIpc) is 2.54. The molecule has 5 nitrogen and oxygen atoms in total. The maximum Gasteiger partial charge on any atom is 0.303 e. The van der Waals surface area contributed by atoms with Crippen molar-refractivity contribution in [3.8, 4) is 0 Å². The predicted octanol–water partition coefficient (Wildman–Crippen LogP) is 2.14. The minimum atomic E-state index is -0.745. The Hall–Kier alpha value is -1.88. The lowest BCUT2D eigenvalue weighted by Gasteiger charge is -2.35. The Kier molecular flexibility index (Phi) is 6.40. The number of carboxylic acids is 1. The zero-order valence-corrected chi connectivity index (χ0v) is 12.8. The molecule has 0 aromatic heterocycles. The van der Waals surface area contributed by atoms with E-state index in [0.29, 0.717) is 24.6 Å². The van der Waals surface area contributed by atoms with Crippen molar-refractivity contribution in [2.24, 2.45) is 0 Å². The molecule has 0 saturated carbocycles. The van der Waals surface area contributed by atoms with Crippen LogP contribution in [0, 0.1) is 0 Å². The molecule has 0 bridgehead atoms. The van der Waals surface area contributed by atoms with Crippen molar-refractivity contribution in [3.05, 3.63) is 35.9 Å². The van der Waals surface area contributed by atoms with Gasteiger partial charge >= 0.3 is 5.97 Å². The summed E-state index contributed by atoms with van der Waals surface area (Å²) in [6.45, 7) is 2.41. The van der Waals surface area contributed by atoms with Gasteiger partial charge in [-0.15, -0.1) is 0 Å². The zero-order chi connectivity index (χ0) is 15.8. The fourth-order valence-electron chi connectivity index (χ4n) is 2.92. The maximum absolute atomic E-state index is 12.1. The van der Waals surface area contributed by atoms with Crippen LogP contribution in [0.1, 0.15) is 42.5 Å². The maximum atomic E-state index is 12.1. The highest BCUT2D eigenvalue weighted by molar-refractivity contribution is 5.94. The largest absolute Gasteiger partial charge is 0.481 e. The van der Waals surface area contributed by atoms with Gasteiger partial charge in [-0.1, -0.05) is 24.6 Å². The first kappa shape index (κ1) is 16.5. The number of hydrogen-bond donors (Lipinski definition) is 2. The minimum Gasteiger partial charge on any atom is -0.481 e. The van der Waals surface area contributed by atoms with Gasteiger partial charge in [0.25, 0.3) is 5.91 Å². The van der Waals surface area contributed by atoms with Crippen molar-refractivity contribution < 1.29 is 14.7 Å². The van der Waals surface area contributed by atoms with Crippen LogP contribution in [-0.2, 0) is 4.79 Å². The second kappa shape index (κ2) is 8.54. The third-order valence-corrected chi connectivity index (χ3v) is 4.12. The van der Waals surface area contributed by atoms with Crippen LogP contribution in [-0.4, -0.2) is 47.6 Å². The van der Waals surface area contributed by atoms with Crippen LogP contribution in [0.5, 0.6) is 0 Å². The van der Waals surface area contributed by atoms with Gasteiger partial charge in [0.15, 0.2) is 0 Å². The van der Waals surface area contributed by atoms with Gasteiger partial charge in [0.2, 0.25) is 0 Å². The summed E-state index contributed by atoms with van der Waals surface area (Å²) in [6.07, 6.45) is 4.25. The fraction of sp³-hybridized carbons (Fsp3) is 0.529. The summed E-state index contributed by atoms with van der Waals surface area (Å²) in [5.74, 6) is -0.789. The van der Waals surface area contributed by atoms with Crippen molar-refractivity contribution in [1.82, 2.24) is 10.2 Å². The highest BCUT2D eigenvalue weighted by atomic mass is 16.4. The lowest BCUT2D eigenvalue weighted by Crippen LogP contribution is -2.47. The highest BCUT2D eigenvalue weighted by Gasteiger charge is 2.22. The molecule has 1 amide bonds. The van der Waals surface area contributed by atoms with E-state index < -0.39 is 5.97 Å². The zero-order valence-electron chi connectivity index (χ0n) is 12.8. The molecule has 1 aromatic carbocycles. The fourth-order valence-corrected chi connectivity index (χ4v) is 2.92. The Labute approximate surface area is 131 Å². The van der Waals surface area contributed by atoms with Gasteiger partial charge in [0, 0.05) is 24.6 Å². The molecule has 2 N–H and O–H groups in total. The van der Waals surface area contributed by atoms with Crippen LogP contribution in [0.25, 0.3) is 0 Å². The smallest absolute Gasteiger partial charge is 0.303 e. The van der Waals surface area contributed by atoms with Gasteiger partial charge in [-0.3, -0.25) is 14.5 Å². The Morgan fingerprint density at radius 1 is 1.23 bits per heavy atom. The molecular formula is C17H24N2O3. The minimum absolute atomic E-state index is 0.0448. The number of likely N-dealkylation sites (tertiary alicyclic amines) is 1. The van der Waals surface area contributed by atoms with Crippen molar-refractivity contribution in [1.29, 1.82) is 0 Å².